The zero-order valence-electron chi connectivity index (χ0n) is 14.4. The Labute approximate surface area is 147 Å². The third-order valence-corrected chi connectivity index (χ3v) is 4.12. The van der Waals surface area contributed by atoms with E-state index < -0.39 is 0 Å². The lowest BCUT2D eigenvalue weighted by molar-refractivity contribution is 0.414. The molecule has 0 bridgehead atoms. The fraction of sp³-hybridized carbons (Fsp3) is 0.438. The van der Waals surface area contributed by atoms with Crippen molar-refractivity contribution in [1.29, 1.82) is 0 Å². The molecular formula is C16H23ClN6O. The van der Waals surface area contributed by atoms with E-state index in [2.05, 4.69) is 25.8 Å². The van der Waals surface area contributed by atoms with Crippen LogP contribution in [-0.2, 0) is 20.0 Å². The number of guanidine groups is 1. The van der Waals surface area contributed by atoms with Gasteiger partial charge in [-0.1, -0.05) is 17.7 Å². The number of halogens is 1. The topological polar surface area (TPSA) is 76.4 Å². The number of hydrogen-bond acceptors (Lipinski definition) is 4. The molecule has 2 N–H and O–H groups in total. The van der Waals surface area contributed by atoms with E-state index in [1.807, 2.05) is 36.7 Å². The SMILES string of the molecule is CN=C(NCCc1ccc(OC)cc1Cl)NCc1nnc(C)n1C. The molecule has 24 heavy (non-hydrogen) atoms. The van der Waals surface area contributed by atoms with Gasteiger partial charge in [-0.15, -0.1) is 10.2 Å². The maximum atomic E-state index is 6.25. The highest BCUT2D eigenvalue weighted by Crippen LogP contribution is 2.22. The van der Waals surface area contributed by atoms with Gasteiger partial charge in [0.15, 0.2) is 11.8 Å². The van der Waals surface area contributed by atoms with Crippen molar-refractivity contribution in [3.63, 3.8) is 0 Å². The van der Waals surface area contributed by atoms with Gasteiger partial charge in [-0.25, -0.2) is 0 Å². The van der Waals surface area contributed by atoms with Crippen molar-refractivity contribution in [2.24, 2.45) is 12.0 Å². The summed E-state index contributed by atoms with van der Waals surface area (Å²) in [5.41, 5.74) is 1.06. The average Bonchev–Trinajstić information content (AvgIpc) is 2.91. The summed E-state index contributed by atoms with van der Waals surface area (Å²) in [4.78, 5) is 4.20. The molecule has 2 aromatic rings. The second kappa shape index (κ2) is 8.54. The Morgan fingerprint density at radius 2 is 2.12 bits per heavy atom. The van der Waals surface area contributed by atoms with E-state index in [0.29, 0.717) is 24.1 Å². The summed E-state index contributed by atoms with van der Waals surface area (Å²) < 4.78 is 7.10. The van der Waals surface area contributed by atoms with Crippen LogP contribution in [0, 0.1) is 6.92 Å². The summed E-state index contributed by atoms with van der Waals surface area (Å²) in [5.74, 6) is 3.20. The molecule has 0 saturated carbocycles. The number of rotatable bonds is 6. The quantitative estimate of drug-likeness (QED) is 0.612. The molecule has 1 heterocycles. The Kier molecular flexibility index (Phi) is 6.43. The molecule has 0 amide bonds. The van der Waals surface area contributed by atoms with Crippen molar-refractivity contribution >= 4 is 17.6 Å². The number of aryl methyl sites for hydroxylation is 1. The highest BCUT2D eigenvalue weighted by Gasteiger charge is 2.06. The van der Waals surface area contributed by atoms with Crippen molar-refractivity contribution in [2.75, 3.05) is 20.7 Å². The van der Waals surface area contributed by atoms with Crippen LogP contribution < -0.4 is 15.4 Å². The summed E-state index contributed by atoms with van der Waals surface area (Å²) in [7, 11) is 5.30. The third kappa shape index (κ3) is 4.61. The van der Waals surface area contributed by atoms with Gasteiger partial charge >= 0.3 is 0 Å². The first-order valence-electron chi connectivity index (χ1n) is 7.67. The minimum absolute atomic E-state index is 0.556. The number of nitrogens with zero attached hydrogens (tertiary/aromatic N) is 4. The predicted octanol–water partition coefficient (Wildman–Crippen LogP) is 1.69. The highest BCUT2D eigenvalue weighted by molar-refractivity contribution is 6.31. The predicted molar refractivity (Wildman–Crippen MR) is 95.6 cm³/mol. The number of aliphatic imine (C=N–C) groups is 1. The van der Waals surface area contributed by atoms with Crippen LogP contribution in [0.3, 0.4) is 0 Å². The van der Waals surface area contributed by atoms with E-state index in [-0.39, 0.29) is 0 Å². The fourth-order valence-corrected chi connectivity index (χ4v) is 2.43. The fourth-order valence-electron chi connectivity index (χ4n) is 2.16. The first-order valence-corrected chi connectivity index (χ1v) is 8.04. The molecule has 0 aliphatic heterocycles. The molecule has 0 aliphatic carbocycles. The van der Waals surface area contributed by atoms with Gasteiger partial charge in [-0.3, -0.25) is 4.99 Å². The summed E-state index contributed by atoms with van der Waals surface area (Å²) in [6.07, 6.45) is 0.784. The maximum Gasteiger partial charge on any atom is 0.191 e. The highest BCUT2D eigenvalue weighted by atomic mass is 35.5. The van der Waals surface area contributed by atoms with Gasteiger partial charge < -0.3 is 19.9 Å². The van der Waals surface area contributed by atoms with Gasteiger partial charge in [0.05, 0.1) is 13.7 Å². The molecule has 130 valence electrons. The van der Waals surface area contributed by atoms with E-state index in [0.717, 1.165) is 29.4 Å². The number of benzene rings is 1. The monoisotopic (exact) mass is 350 g/mol. The number of aromatic nitrogens is 3. The lowest BCUT2D eigenvalue weighted by Crippen LogP contribution is -2.38. The molecule has 0 aliphatic rings. The minimum Gasteiger partial charge on any atom is -0.497 e. The van der Waals surface area contributed by atoms with E-state index >= 15 is 0 Å². The normalized spacial score (nSPS) is 11.5. The summed E-state index contributed by atoms with van der Waals surface area (Å²) in [5, 5.41) is 15.3. The Morgan fingerprint density at radius 1 is 1.33 bits per heavy atom. The average molecular weight is 351 g/mol. The largest absolute Gasteiger partial charge is 0.497 e. The molecule has 0 atom stereocenters. The van der Waals surface area contributed by atoms with Crippen LogP contribution >= 0.6 is 11.6 Å². The Bertz CT molecular complexity index is 713. The van der Waals surface area contributed by atoms with Gasteiger partial charge in [0.1, 0.15) is 11.6 Å². The van der Waals surface area contributed by atoms with Gasteiger partial charge in [0, 0.05) is 25.7 Å². The molecule has 1 aromatic carbocycles. The van der Waals surface area contributed by atoms with Crippen molar-refractivity contribution in [3.05, 3.63) is 40.4 Å². The van der Waals surface area contributed by atoms with Crippen molar-refractivity contribution < 1.29 is 4.74 Å². The second-order valence-electron chi connectivity index (χ2n) is 5.28. The van der Waals surface area contributed by atoms with E-state index in [1.165, 1.54) is 0 Å². The zero-order valence-corrected chi connectivity index (χ0v) is 15.2. The van der Waals surface area contributed by atoms with Crippen LogP contribution in [0.2, 0.25) is 5.02 Å². The standard InChI is InChI=1S/C16H23ClN6O/c1-11-21-22-15(23(11)3)10-20-16(18-2)19-8-7-12-5-6-13(24-4)9-14(12)17/h5-6,9H,7-8,10H2,1-4H3,(H2,18,19,20). The second-order valence-corrected chi connectivity index (χ2v) is 5.69. The van der Waals surface area contributed by atoms with Gasteiger partial charge in [0.2, 0.25) is 0 Å². The molecule has 1 aromatic heterocycles. The van der Waals surface area contributed by atoms with Crippen LogP contribution in [-0.4, -0.2) is 41.4 Å². The Balaban J connectivity index is 1.82. The first-order chi connectivity index (χ1) is 11.5. The number of nitrogens with one attached hydrogen (secondary N) is 2. The summed E-state index contributed by atoms with van der Waals surface area (Å²) >= 11 is 6.25. The van der Waals surface area contributed by atoms with Crippen LogP contribution in [0.5, 0.6) is 5.75 Å². The Hall–Kier alpha value is -2.28. The van der Waals surface area contributed by atoms with Crippen LogP contribution in [0.25, 0.3) is 0 Å². The van der Waals surface area contributed by atoms with Crippen molar-refractivity contribution in [2.45, 2.75) is 19.9 Å². The molecule has 0 fully saturated rings. The van der Waals surface area contributed by atoms with E-state index in [4.69, 9.17) is 16.3 Å². The van der Waals surface area contributed by atoms with Gasteiger partial charge in [0.25, 0.3) is 0 Å². The molecule has 0 radical (unpaired) electrons. The first kappa shape index (κ1) is 18.1. The van der Waals surface area contributed by atoms with Crippen molar-refractivity contribution in [3.8, 4) is 5.75 Å². The van der Waals surface area contributed by atoms with E-state index in [9.17, 15) is 0 Å². The summed E-state index contributed by atoms with van der Waals surface area (Å²) in [6.45, 7) is 3.19. The third-order valence-electron chi connectivity index (χ3n) is 3.77. The number of methoxy groups -OCH3 is 1. The molecule has 0 saturated heterocycles. The molecular weight excluding hydrogens is 328 g/mol. The number of hydrogen-bond donors (Lipinski definition) is 2. The lowest BCUT2D eigenvalue weighted by atomic mass is 10.1. The molecule has 0 unspecified atom stereocenters. The molecule has 8 heteroatoms. The van der Waals surface area contributed by atoms with Crippen molar-refractivity contribution in [1.82, 2.24) is 25.4 Å². The van der Waals surface area contributed by atoms with Crippen LogP contribution in [0.1, 0.15) is 17.2 Å². The molecule has 2 rings (SSSR count). The smallest absolute Gasteiger partial charge is 0.191 e. The van der Waals surface area contributed by atoms with Crippen LogP contribution in [0.4, 0.5) is 0 Å². The van der Waals surface area contributed by atoms with Gasteiger partial charge in [-0.2, -0.15) is 0 Å². The lowest BCUT2D eigenvalue weighted by Gasteiger charge is -2.12. The van der Waals surface area contributed by atoms with E-state index in [1.54, 1.807) is 14.2 Å². The Morgan fingerprint density at radius 3 is 2.71 bits per heavy atom. The van der Waals surface area contributed by atoms with Gasteiger partial charge in [-0.05, 0) is 31.0 Å². The maximum absolute atomic E-state index is 6.25. The molecule has 7 nitrogen and oxygen atoms in total. The zero-order chi connectivity index (χ0) is 17.5. The number of ether oxygens (including phenoxy) is 1. The van der Waals surface area contributed by atoms with Crippen LogP contribution in [0.15, 0.2) is 23.2 Å². The molecule has 0 spiro atoms. The summed E-state index contributed by atoms with van der Waals surface area (Å²) in [6, 6.07) is 5.70. The minimum atomic E-state index is 0.556.